The number of imide groups is 1. The predicted octanol–water partition coefficient (Wildman–Crippen LogP) is 2.53. The Labute approximate surface area is 159 Å². The van der Waals surface area contributed by atoms with Crippen LogP contribution in [0.5, 0.6) is 0 Å². The van der Waals surface area contributed by atoms with E-state index in [2.05, 4.69) is 10.3 Å². The van der Waals surface area contributed by atoms with E-state index in [-0.39, 0.29) is 36.4 Å². The summed E-state index contributed by atoms with van der Waals surface area (Å²) in [7, 11) is 0. The molecule has 27 heavy (non-hydrogen) atoms. The molecule has 1 aromatic carbocycles. The molecule has 0 unspecified atom stereocenters. The van der Waals surface area contributed by atoms with E-state index >= 15 is 0 Å². The first-order chi connectivity index (χ1) is 12.9. The van der Waals surface area contributed by atoms with E-state index in [0.717, 1.165) is 16.2 Å². The van der Waals surface area contributed by atoms with E-state index in [1.807, 2.05) is 0 Å². The van der Waals surface area contributed by atoms with E-state index in [9.17, 15) is 19.2 Å². The summed E-state index contributed by atoms with van der Waals surface area (Å²) < 4.78 is 4.95. The van der Waals surface area contributed by atoms with Gasteiger partial charge in [0.25, 0.3) is 5.91 Å². The molecular formula is C18H17N3O5S. The summed E-state index contributed by atoms with van der Waals surface area (Å²) in [4.78, 5) is 53.4. The fourth-order valence-electron chi connectivity index (χ4n) is 2.63. The summed E-state index contributed by atoms with van der Waals surface area (Å²) in [6, 6.07) is 6.15. The van der Waals surface area contributed by atoms with Crippen molar-refractivity contribution in [2.75, 3.05) is 16.8 Å². The second-order valence-electron chi connectivity index (χ2n) is 5.78. The van der Waals surface area contributed by atoms with Crippen LogP contribution < -0.4 is 10.2 Å². The third-order valence-corrected chi connectivity index (χ3v) is 4.97. The molecule has 1 N–H and O–H groups in total. The molecule has 8 nitrogen and oxygen atoms in total. The van der Waals surface area contributed by atoms with Crippen molar-refractivity contribution in [1.29, 1.82) is 0 Å². The Morgan fingerprint density at radius 2 is 1.81 bits per heavy atom. The Morgan fingerprint density at radius 3 is 2.41 bits per heavy atom. The Kier molecular flexibility index (Phi) is 5.31. The average Bonchev–Trinajstić information content (AvgIpc) is 3.17. The number of aryl methyl sites for hydroxylation is 1. The Balaban J connectivity index is 1.72. The molecular weight excluding hydrogens is 370 g/mol. The lowest BCUT2D eigenvalue weighted by atomic mass is 10.2. The van der Waals surface area contributed by atoms with Crippen LogP contribution in [0.25, 0.3) is 0 Å². The fourth-order valence-corrected chi connectivity index (χ4v) is 3.49. The largest absolute Gasteiger partial charge is 0.462 e. The van der Waals surface area contributed by atoms with Crippen molar-refractivity contribution >= 4 is 45.8 Å². The molecule has 1 aliphatic rings. The first-order valence-electron chi connectivity index (χ1n) is 8.32. The second kappa shape index (κ2) is 7.67. The average molecular weight is 387 g/mol. The first kappa shape index (κ1) is 18.7. The number of ether oxygens (including phenoxy) is 1. The van der Waals surface area contributed by atoms with Crippen LogP contribution in [-0.4, -0.2) is 35.3 Å². The van der Waals surface area contributed by atoms with E-state index < -0.39 is 11.9 Å². The van der Waals surface area contributed by atoms with Crippen LogP contribution >= 0.6 is 11.3 Å². The van der Waals surface area contributed by atoms with Crippen molar-refractivity contribution in [1.82, 2.24) is 4.98 Å². The second-order valence-corrected chi connectivity index (χ2v) is 6.78. The zero-order valence-electron chi connectivity index (χ0n) is 14.8. The number of nitrogens with one attached hydrogen (secondary N) is 1. The number of carbonyl (C=O) groups excluding carboxylic acids is 4. The zero-order chi connectivity index (χ0) is 19.6. The monoisotopic (exact) mass is 387 g/mol. The molecule has 1 saturated heterocycles. The smallest absolute Gasteiger partial charge is 0.350 e. The first-order valence-corrected chi connectivity index (χ1v) is 9.14. The van der Waals surface area contributed by atoms with Gasteiger partial charge in [-0.3, -0.25) is 24.6 Å². The quantitative estimate of drug-likeness (QED) is 0.624. The van der Waals surface area contributed by atoms with Gasteiger partial charge in [0.2, 0.25) is 11.8 Å². The third-order valence-electron chi connectivity index (χ3n) is 3.92. The van der Waals surface area contributed by atoms with E-state index in [1.54, 1.807) is 26.0 Å². The van der Waals surface area contributed by atoms with Crippen molar-refractivity contribution in [2.45, 2.75) is 26.7 Å². The molecule has 0 aliphatic carbocycles. The van der Waals surface area contributed by atoms with Crippen molar-refractivity contribution in [3.05, 3.63) is 40.4 Å². The number of carbonyl (C=O) groups is 4. The predicted molar refractivity (Wildman–Crippen MR) is 98.9 cm³/mol. The molecule has 9 heteroatoms. The summed E-state index contributed by atoms with van der Waals surface area (Å²) in [5.41, 5.74) is 1.26. The number of amides is 3. The molecule has 3 amide bonds. The highest BCUT2D eigenvalue weighted by Crippen LogP contribution is 2.25. The van der Waals surface area contributed by atoms with Gasteiger partial charge in [0.15, 0.2) is 5.13 Å². The number of hydrogen-bond acceptors (Lipinski definition) is 7. The SMILES string of the molecule is CCOC(=O)c1sc(NC(=O)c2ccc(N3C(=O)CCC3=O)cc2)nc1C. The van der Waals surface area contributed by atoms with Crippen LogP contribution in [-0.2, 0) is 14.3 Å². The molecule has 2 aromatic rings. The highest BCUT2D eigenvalue weighted by molar-refractivity contribution is 7.17. The Hall–Kier alpha value is -3.07. The van der Waals surface area contributed by atoms with Crippen molar-refractivity contribution in [3.8, 4) is 0 Å². The molecule has 0 spiro atoms. The standard InChI is InChI=1S/C18H17N3O5S/c1-3-26-17(25)15-10(2)19-18(27-15)20-16(24)11-4-6-12(7-5-11)21-13(22)8-9-14(21)23/h4-7H,3,8-9H2,1-2H3,(H,19,20,24). The lowest BCUT2D eigenvalue weighted by molar-refractivity contribution is -0.121. The maximum absolute atomic E-state index is 12.4. The number of rotatable bonds is 5. The van der Waals surface area contributed by atoms with Gasteiger partial charge in [0.1, 0.15) is 4.88 Å². The number of thiazole rings is 1. The van der Waals surface area contributed by atoms with Crippen molar-refractivity contribution < 1.29 is 23.9 Å². The van der Waals surface area contributed by atoms with E-state index in [4.69, 9.17) is 4.74 Å². The number of esters is 1. The lowest BCUT2D eigenvalue weighted by Gasteiger charge is -2.13. The van der Waals surface area contributed by atoms with Gasteiger partial charge in [-0.25, -0.2) is 9.78 Å². The van der Waals surface area contributed by atoms with Crippen LogP contribution in [0.4, 0.5) is 10.8 Å². The minimum absolute atomic E-state index is 0.202. The normalized spacial score (nSPS) is 13.8. The molecule has 0 bridgehead atoms. The van der Waals surface area contributed by atoms with Gasteiger partial charge in [0, 0.05) is 18.4 Å². The maximum Gasteiger partial charge on any atom is 0.350 e. The van der Waals surface area contributed by atoms with Crippen molar-refractivity contribution in [3.63, 3.8) is 0 Å². The summed E-state index contributed by atoms with van der Waals surface area (Å²) in [5, 5.41) is 2.92. The van der Waals surface area contributed by atoms with E-state index in [1.165, 1.54) is 12.1 Å². The van der Waals surface area contributed by atoms with Crippen LogP contribution in [0.3, 0.4) is 0 Å². The van der Waals surface area contributed by atoms with Crippen LogP contribution in [0.1, 0.15) is 45.5 Å². The highest BCUT2D eigenvalue weighted by atomic mass is 32.1. The van der Waals surface area contributed by atoms with Gasteiger partial charge in [-0.15, -0.1) is 0 Å². The van der Waals surface area contributed by atoms with Gasteiger partial charge in [-0.2, -0.15) is 0 Å². The van der Waals surface area contributed by atoms with Crippen LogP contribution in [0, 0.1) is 6.92 Å². The van der Waals surface area contributed by atoms with Gasteiger partial charge in [-0.05, 0) is 38.1 Å². The van der Waals surface area contributed by atoms with Gasteiger partial charge >= 0.3 is 5.97 Å². The number of benzene rings is 1. The topological polar surface area (TPSA) is 106 Å². The maximum atomic E-state index is 12.4. The molecule has 0 atom stereocenters. The number of hydrogen-bond donors (Lipinski definition) is 1. The number of nitrogens with zero attached hydrogens (tertiary/aromatic N) is 2. The Morgan fingerprint density at radius 1 is 1.19 bits per heavy atom. The van der Waals surface area contributed by atoms with Gasteiger partial charge in [-0.1, -0.05) is 11.3 Å². The molecule has 0 radical (unpaired) electrons. The molecule has 140 valence electrons. The molecule has 1 fully saturated rings. The zero-order valence-corrected chi connectivity index (χ0v) is 15.6. The van der Waals surface area contributed by atoms with Crippen LogP contribution in [0.2, 0.25) is 0 Å². The minimum Gasteiger partial charge on any atom is -0.462 e. The molecule has 3 rings (SSSR count). The lowest BCUT2D eigenvalue weighted by Crippen LogP contribution is -2.28. The van der Waals surface area contributed by atoms with Gasteiger partial charge < -0.3 is 4.74 Å². The third kappa shape index (κ3) is 3.87. The fraction of sp³-hybridized carbons (Fsp3) is 0.278. The minimum atomic E-state index is -0.475. The molecule has 2 heterocycles. The van der Waals surface area contributed by atoms with E-state index in [0.29, 0.717) is 21.8 Å². The Bertz CT molecular complexity index is 904. The molecule has 1 aliphatic heterocycles. The number of anilines is 2. The van der Waals surface area contributed by atoms with Gasteiger partial charge in [0.05, 0.1) is 18.0 Å². The summed E-state index contributed by atoms with van der Waals surface area (Å²) >= 11 is 1.04. The number of aromatic nitrogens is 1. The van der Waals surface area contributed by atoms with Crippen molar-refractivity contribution in [2.24, 2.45) is 0 Å². The summed E-state index contributed by atoms with van der Waals surface area (Å²) in [6.45, 7) is 3.63. The highest BCUT2D eigenvalue weighted by Gasteiger charge is 2.30. The molecule has 1 aromatic heterocycles. The summed E-state index contributed by atoms with van der Waals surface area (Å²) in [5.74, 6) is -1.38. The van der Waals surface area contributed by atoms with Crippen LogP contribution in [0.15, 0.2) is 24.3 Å². The molecule has 0 saturated carbocycles. The summed E-state index contributed by atoms with van der Waals surface area (Å²) in [6.07, 6.45) is 0.403.